The number of urea groups is 1. The van der Waals surface area contributed by atoms with E-state index in [1.807, 2.05) is 13.8 Å². The molecule has 1 aromatic rings. The molecule has 0 radical (unpaired) electrons. The van der Waals surface area contributed by atoms with Crippen molar-refractivity contribution in [2.24, 2.45) is 13.0 Å². The highest BCUT2D eigenvalue weighted by atomic mass is 19.4. The van der Waals surface area contributed by atoms with Crippen LogP contribution in [0, 0.1) is 5.92 Å². The van der Waals surface area contributed by atoms with Crippen molar-refractivity contribution in [3.05, 3.63) is 17.5 Å². The molecule has 9 heteroatoms. The topological polar surface area (TPSA) is 68.2 Å². The van der Waals surface area contributed by atoms with E-state index in [4.69, 9.17) is 4.74 Å². The number of nitrogens with one attached hydrogen (secondary N) is 2. The van der Waals surface area contributed by atoms with Crippen LogP contribution in [0.3, 0.4) is 0 Å². The first-order valence-corrected chi connectivity index (χ1v) is 7.35. The fourth-order valence-electron chi connectivity index (χ4n) is 2.64. The minimum absolute atomic E-state index is 0.0697. The molecule has 0 aromatic carbocycles. The Balaban J connectivity index is 1.86. The zero-order valence-corrected chi connectivity index (χ0v) is 13.3. The SMILES string of the molecule is Cn1cc(CNC(=O)NCC2CCOC2(C)C)c(C(F)(F)F)n1. The molecule has 0 aliphatic carbocycles. The predicted octanol–water partition coefficient (Wildman–Crippen LogP) is 2.05. The number of carbonyl (C=O) groups is 1. The molecule has 2 N–H and O–H groups in total. The van der Waals surface area contributed by atoms with Gasteiger partial charge >= 0.3 is 12.2 Å². The smallest absolute Gasteiger partial charge is 0.375 e. The maximum Gasteiger partial charge on any atom is 0.435 e. The number of amides is 2. The molecule has 0 spiro atoms. The molecule has 1 aliphatic heterocycles. The minimum atomic E-state index is -4.54. The monoisotopic (exact) mass is 334 g/mol. The van der Waals surface area contributed by atoms with Crippen LogP contribution in [0.2, 0.25) is 0 Å². The van der Waals surface area contributed by atoms with Crippen LogP contribution in [0.4, 0.5) is 18.0 Å². The van der Waals surface area contributed by atoms with Crippen molar-refractivity contribution in [1.29, 1.82) is 0 Å². The van der Waals surface area contributed by atoms with Gasteiger partial charge in [0.05, 0.1) is 5.60 Å². The number of aryl methyl sites for hydroxylation is 1. The Bertz CT molecular complexity index is 569. The lowest BCUT2D eigenvalue weighted by Crippen LogP contribution is -2.42. The van der Waals surface area contributed by atoms with Gasteiger partial charge in [-0.15, -0.1) is 0 Å². The first-order chi connectivity index (χ1) is 10.6. The normalized spacial score (nSPS) is 20.5. The molecule has 2 rings (SSSR count). The summed E-state index contributed by atoms with van der Waals surface area (Å²) in [5.41, 5.74) is -1.36. The Hall–Kier alpha value is -1.77. The molecule has 0 bridgehead atoms. The number of nitrogens with zero attached hydrogens (tertiary/aromatic N) is 2. The lowest BCUT2D eigenvalue weighted by molar-refractivity contribution is -0.142. The third kappa shape index (κ3) is 4.37. The lowest BCUT2D eigenvalue weighted by Gasteiger charge is -2.25. The predicted molar refractivity (Wildman–Crippen MR) is 76.6 cm³/mol. The van der Waals surface area contributed by atoms with Gasteiger partial charge < -0.3 is 15.4 Å². The zero-order valence-electron chi connectivity index (χ0n) is 13.3. The maximum absolute atomic E-state index is 12.8. The molecule has 6 nitrogen and oxygen atoms in total. The van der Waals surface area contributed by atoms with E-state index in [0.29, 0.717) is 13.2 Å². The van der Waals surface area contributed by atoms with Gasteiger partial charge in [-0.05, 0) is 20.3 Å². The summed E-state index contributed by atoms with van der Waals surface area (Å²) < 4.78 is 45.1. The van der Waals surface area contributed by atoms with E-state index in [-0.39, 0.29) is 23.6 Å². The summed E-state index contributed by atoms with van der Waals surface area (Å²) >= 11 is 0. The highest BCUT2D eigenvalue weighted by Crippen LogP contribution is 2.31. The highest BCUT2D eigenvalue weighted by Gasteiger charge is 2.37. The number of ether oxygens (including phenoxy) is 1. The third-order valence-electron chi connectivity index (χ3n) is 4.05. The summed E-state index contributed by atoms with van der Waals surface area (Å²) in [5.74, 6) is 0.178. The van der Waals surface area contributed by atoms with E-state index in [2.05, 4.69) is 15.7 Å². The standard InChI is InChI=1S/C14H21F3N4O2/c1-13(2)10(4-5-23-13)7-19-12(22)18-6-9-8-21(3)20-11(9)14(15,16)17/h8,10H,4-7H2,1-3H3,(H2,18,19,22). The van der Waals surface area contributed by atoms with Crippen molar-refractivity contribution >= 4 is 6.03 Å². The van der Waals surface area contributed by atoms with Crippen molar-refractivity contribution in [3.8, 4) is 0 Å². The Labute approximate surface area is 132 Å². The van der Waals surface area contributed by atoms with Crippen LogP contribution in [-0.4, -0.2) is 34.6 Å². The highest BCUT2D eigenvalue weighted by molar-refractivity contribution is 5.73. The Morgan fingerprint density at radius 3 is 2.74 bits per heavy atom. The van der Waals surface area contributed by atoms with Gasteiger partial charge in [0.25, 0.3) is 0 Å². The number of alkyl halides is 3. The van der Waals surface area contributed by atoms with Crippen LogP contribution in [0.1, 0.15) is 31.5 Å². The van der Waals surface area contributed by atoms with Crippen LogP contribution >= 0.6 is 0 Å². The molecule has 1 atom stereocenters. The summed E-state index contributed by atoms with van der Waals surface area (Å²) in [6.07, 6.45) is -2.45. The lowest BCUT2D eigenvalue weighted by atomic mass is 9.91. The van der Waals surface area contributed by atoms with Gasteiger partial charge in [-0.1, -0.05) is 0 Å². The number of hydrogen-bond acceptors (Lipinski definition) is 3. The summed E-state index contributed by atoms with van der Waals surface area (Å²) in [5, 5.41) is 8.50. The Morgan fingerprint density at radius 1 is 1.48 bits per heavy atom. The molecule has 1 aromatic heterocycles. The van der Waals surface area contributed by atoms with E-state index >= 15 is 0 Å². The zero-order chi connectivity index (χ0) is 17.3. The largest absolute Gasteiger partial charge is 0.435 e. The Morgan fingerprint density at radius 2 is 2.17 bits per heavy atom. The molecule has 2 heterocycles. The second-order valence-electron chi connectivity index (χ2n) is 6.18. The molecule has 1 aliphatic rings. The summed E-state index contributed by atoms with van der Waals surface area (Å²) in [6.45, 7) is 4.73. The average molecular weight is 334 g/mol. The van der Waals surface area contributed by atoms with Gasteiger partial charge in [-0.3, -0.25) is 4.68 Å². The van der Waals surface area contributed by atoms with Gasteiger partial charge in [0.15, 0.2) is 5.69 Å². The van der Waals surface area contributed by atoms with Crippen molar-refractivity contribution in [2.75, 3.05) is 13.2 Å². The molecule has 2 amide bonds. The minimum Gasteiger partial charge on any atom is -0.375 e. The van der Waals surface area contributed by atoms with E-state index in [1.165, 1.54) is 13.2 Å². The quantitative estimate of drug-likeness (QED) is 0.885. The molecule has 1 saturated heterocycles. The molecule has 1 unspecified atom stereocenters. The van der Waals surface area contributed by atoms with Gasteiger partial charge in [0.2, 0.25) is 0 Å². The molecular weight excluding hydrogens is 313 g/mol. The molecule has 1 fully saturated rings. The first kappa shape index (κ1) is 17.6. The van der Waals surface area contributed by atoms with E-state index in [1.54, 1.807) is 0 Å². The number of aromatic nitrogens is 2. The molecule has 0 saturated carbocycles. The molecule has 23 heavy (non-hydrogen) atoms. The fraction of sp³-hybridized carbons (Fsp3) is 0.714. The first-order valence-electron chi connectivity index (χ1n) is 7.35. The summed E-state index contributed by atoms with van der Waals surface area (Å²) in [7, 11) is 1.40. The number of rotatable bonds is 4. The van der Waals surface area contributed by atoms with Crippen LogP contribution in [0.5, 0.6) is 0 Å². The van der Waals surface area contributed by atoms with E-state index in [0.717, 1.165) is 11.1 Å². The van der Waals surface area contributed by atoms with Gasteiger partial charge in [-0.2, -0.15) is 18.3 Å². The van der Waals surface area contributed by atoms with Crippen molar-refractivity contribution in [1.82, 2.24) is 20.4 Å². The average Bonchev–Trinajstić information content (AvgIpc) is 2.96. The van der Waals surface area contributed by atoms with Crippen molar-refractivity contribution < 1.29 is 22.7 Å². The Kier molecular flexibility index (Phi) is 4.88. The summed E-state index contributed by atoms with van der Waals surface area (Å²) in [6, 6.07) is -0.510. The van der Waals surface area contributed by atoms with Crippen molar-refractivity contribution in [3.63, 3.8) is 0 Å². The van der Waals surface area contributed by atoms with Crippen molar-refractivity contribution in [2.45, 2.75) is 38.6 Å². The number of carbonyl (C=O) groups excluding carboxylic acids is 1. The second kappa shape index (κ2) is 6.38. The maximum atomic E-state index is 12.8. The van der Waals surface area contributed by atoms with Crippen LogP contribution < -0.4 is 10.6 Å². The van der Waals surface area contributed by atoms with Gasteiger partial charge in [0, 0.05) is 44.4 Å². The molecule has 130 valence electrons. The van der Waals surface area contributed by atoms with E-state index < -0.39 is 17.9 Å². The number of halogens is 3. The van der Waals surface area contributed by atoms with Gasteiger partial charge in [-0.25, -0.2) is 4.79 Å². The molecular formula is C14H21F3N4O2. The summed E-state index contributed by atoms with van der Waals surface area (Å²) in [4.78, 5) is 11.8. The second-order valence-corrected chi connectivity index (χ2v) is 6.18. The van der Waals surface area contributed by atoms with E-state index in [9.17, 15) is 18.0 Å². The van der Waals surface area contributed by atoms with Crippen LogP contribution in [-0.2, 0) is 24.5 Å². The van der Waals surface area contributed by atoms with Crippen LogP contribution in [0.15, 0.2) is 6.20 Å². The van der Waals surface area contributed by atoms with Crippen LogP contribution in [0.25, 0.3) is 0 Å². The number of hydrogen-bond donors (Lipinski definition) is 2. The van der Waals surface area contributed by atoms with Gasteiger partial charge in [0.1, 0.15) is 0 Å². The fourth-order valence-corrected chi connectivity index (χ4v) is 2.64. The third-order valence-corrected chi connectivity index (χ3v) is 4.05.